The number of thiazole rings is 1. The standard InChI is InChI=1S/C28H28ClFN4O4S/c1-27(2,3)16-11-19(15-6-7-17(29)18(30)10-15)31-20-12-22(38-23(16)20)24(35)34-9-8-33(14-28(34,4)5)26-32-21(13-39-26)25(36)37/h6-7,10-13H,8-9,14H2,1-5H3,(H,36,37). The number of furan rings is 1. The van der Waals surface area contributed by atoms with Crippen molar-refractivity contribution < 1.29 is 23.5 Å². The minimum absolute atomic E-state index is 0.0106. The summed E-state index contributed by atoms with van der Waals surface area (Å²) in [5.74, 6) is -1.69. The number of halogens is 2. The van der Waals surface area contributed by atoms with Crippen molar-refractivity contribution in [1.82, 2.24) is 14.9 Å². The van der Waals surface area contributed by atoms with Gasteiger partial charge < -0.3 is 19.3 Å². The number of aromatic carboxylic acids is 1. The number of anilines is 1. The fourth-order valence-corrected chi connectivity index (χ4v) is 5.77. The van der Waals surface area contributed by atoms with Gasteiger partial charge in [0, 0.05) is 42.2 Å². The van der Waals surface area contributed by atoms with Gasteiger partial charge in [0.1, 0.15) is 11.3 Å². The van der Waals surface area contributed by atoms with Crippen molar-refractivity contribution in [3.05, 3.63) is 63.6 Å². The number of amides is 1. The lowest BCUT2D eigenvalue weighted by molar-refractivity contribution is 0.0484. The molecular weight excluding hydrogens is 543 g/mol. The molecule has 0 bridgehead atoms. The van der Waals surface area contributed by atoms with Crippen LogP contribution in [0.5, 0.6) is 0 Å². The van der Waals surface area contributed by atoms with E-state index in [2.05, 4.69) is 4.98 Å². The summed E-state index contributed by atoms with van der Waals surface area (Å²) in [6.07, 6.45) is 0. The lowest BCUT2D eigenvalue weighted by Gasteiger charge is -2.46. The van der Waals surface area contributed by atoms with Crippen molar-refractivity contribution in [2.24, 2.45) is 0 Å². The molecule has 3 aromatic heterocycles. The summed E-state index contributed by atoms with van der Waals surface area (Å²) >= 11 is 7.15. The highest BCUT2D eigenvalue weighted by Crippen LogP contribution is 2.36. The molecule has 0 spiro atoms. The first-order chi connectivity index (χ1) is 18.2. The fourth-order valence-electron chi connectivity index (χ4n) is 4.82. The molecule has 1 amide bonds. The molecule has 1 N–H and O–H groups in total. The van der Waals surface area contributed by atoms with Crippen LogP contribution in [0.15, 0.2) is 40.1 Å². The number of benzene rings is 1. The molecule has 11 heteroatoms. The predicted octanol–water partition coefficient (Wildman–Crippen LogP) is 6.48. The van der Waals surface area contributed by atoms with Crippen molar-refractivity contribution in [2.45, 2.75) is 45.6 Å². The summed E-state index contributed by atoms with van der Waals surface area (Å²) in [4.78, 5) is 37.7. The zero-order valence-electron chi connectivity index (χ0n) is 22.2. The number of nitrogens with zero attached hydrogens (tertiary/aromatic N) is 4. The highest BCUT2D eigenvalue weighted by atomic mass is 35.5. The molecule has 1 fully saturated rings. The van der Waals surface area contributed by atoms with Crippen LogP contribution in [0.1, 0.15) is 61.2 Å². The zero-order chi connectivity index (χ0) is 28.3. The largest absolute Gasteiger partial charge is 0.476 e. The lowest BCUT2D eigenvalue weighted by Crippen LogP contribution is -2.61. The highest BCUT2D eigenvalue weighted by molar-refractivity contribution is 7.13. The Hall–Kier alpha value is -3.50. The molecule has 0 saturated carbocycles. The van der Waals surface area contributed by atoms with Gasteiger partial charge in [-0.05, 0) is 37.5 Å². The number of piperazine rings is 1. The zero-order valence-corrected chi connectivity index (χ0v) is 23.8. The van der Waals surface area contributed by atoms with Gasteiger partial charge in [0.15, 0.2) is 22.2 Å². The third-order valence-electron chi connectivity index (χ3n) is 6.84. The summed E-state index contributed by atoms with van der Waals surface area (Å²) in [6, 6.07) is 8.06. The van der Waals surface area contributed by atoms with Gasteiger partial charge in [0.25, 0.3) is 5.91 Å². The molecule has 1 aliphatic rings. The molecule has 4 heterocycles. The second kappa shape index (κ2) is 9.60. The first-order valence-electron chi connectivity index (χ1n) is 12.4. The predicted molar refractivity (Wildman–Crippen MR) is 150 cm³/mol. The minimum Gasteiger partial charge on any atom is -0.476 e. The van der Waals surface area contributed by atoms with E-state index in [9.17, 15) is 19.1 Å². The van der Waals surface area contributed by atoms with Gasteiger partial charge in [-0.1, -0.05) is 38.4 Å². The molecule has 5 rings (SSSR count). The van der Waals surface area contributed by atoms with E-state index in [4.69, 9.17) is 21.0 Å². The maximum absolute atomic E-state index is 14.2. The maximum atomic E-state index is 14.2. The summed E-state index contributed by atoms with van der Waals surface area (Å²) in [5, 5.41) is 11.4. The van der Waals surface area contributed by atoms with Crippen LogP contribution < -0.4 is 4.90 Å². The first kappa shape index (κ1) is 27.1. The number of pyridine rings is 1. The van der Waals surface area contributed by atoms with Crippen molar-refractivity contribution in [1.29, 1.82) is 0 Å². The highest BCUT2D eigenvalue weighted by Gasteiger charge is 2.39. The molecule has 1 aromatic carbocycles. The molecule has 0 radical (unpaired) electrons. The number of rotatable bonds is 4. The first-order valence-corrected chi connectivity index (χ1v) is 13.7. The quantitative estimate of drug-likeness (QED) is 0.300. The van der Waals surface area contributed by atoms with Gasteiger partial charge >= 0.3 is 5.97 Å². The monoisotopic (exact) mass is 570 g/mol. The number of carbonyl (C=O) groups is 2. The molecule has 4 aromatic rings. The molecule has 1 saturated heterocycles. The summed E-state index contributed by atoms with van der Waals surface area (Å²) in [5.41, 5.74) is 2.09. The third-order valence-corrected chi connectivity index (χ3v) is 8.05. The average molecular weight is 571 g/mol. The molecule has 39 heavy (non-hydrogen) atoms. The fraction of sp³-hybridized carbons (Fsp3) is 0.357. The van der Waals surface area contributed by atoms with Gasteiger partial charge in [-0.2, -0.15) is 0 Å². The van der Waals surface area contributed by atoms with E-state index in [1.54, 1.807) is 17.0 Å². The van der Waals surface area contributed by atoms with Crippen molar-refractivity contribution in [2.75, 3.05) is 24.5 Å². The van der Waals surface area contributed by atoms with Gasteiger partial charge in [-0.3, -0.25) is 4.79 Å². The third kappa shape index (κ3) is 5.10. The Morgan fingerprint density at radius 1 is 1.15 bits per heavy atom. The Labute approximate surface area is 234 Å². The maximum Gasteiger partial charge on any atom is 0.355 e. The van der Waals surface area contributed by atoms with E-state index in [0.29, 0.717) is 47.1 Å². The molecular formula is C28H28ClFN4O4S. The van der Waals surface area contributed by atoms with E-state index < -0.39 is 17.3 Å². The molecule has 1 aliphatic heterocycles. The smallest absolute Gasteiger partial charge is 0.355 e. The Bertz CT molecular complexity index is 1610. The van der Waals surface area contributed by atoms with Crippen LogP contribution in [0.25, 0.3) is 22.4 Å². The Morgan fingerprint density at radius 3 is 2.51 bits per heavy atom. The number of carboxylic acid groups (broad SMARTS) is 1. The van der Waals surface area contributed by atoms with E-state index in [1.807, 2.05) is 45.6 Å². The number of aromatic nitrogens is 2. The van der Waals surface area contributed by atoms with Crippen LogP contribution in [0, 0.1) is 5.82 Å². The Balaban J connectivity index is 1.48. The average Bonchev–Trinajstić information content (AvgIpc) is 3.51. The molecule has 0 atom stereocenters. The number of hydrogen-bond acceptors (Lipinski definition) is 7. The second-order valence-electron chi connectivity index (χ2n) is 11.3. The van der Waals surface area contributed by atoms with Gasteiger partial charge in [0.2, 0.25) is 0 Å². The number of carbonyl (C=O) groups excluding carboxylic acids is 1. The minimum atomic E-state index is -1.07. The summed E-state index contributed by atoms with van der Waals surface area (Å²) < 4.78 is 20.4. The number of hydrogen-bond donors (Lipinski definition) is 1. The molecule has 0 aliphatic carbocycles. The Kier molecular flexibility index (Phi) is 6.67. The van der Waals surface area contributed by atoms with Crippen LogP contribution in [-0.2, 0) is 5.41 Å². The molecule has 8 nitrogen and oxygen atoms in total. The van der Waals surface area contributed by atoms with Gasteiger partial charge in [-0.25, -0.2) is 19.2 Å². The Morgan fingerprint density at radius 2 is 1.90 bits per heavy atom. The van der Waals surface area contributed by atoms with Crippen LogP contribution in [-0.4, -0.2) is 57.0 Å². The van der Waals surface area contributed by atoms with Crippen LogP contribution in [0.4, 0.5) is 9.52 Å². The second-order valence-corrected chi connectivity index (χ2v) is 12.5. The van der Waals surface area contributed by atoms with Crippen LogP contribution in [0.2, 0.25) is 5.02 Å². The topological polar surface area (TPSA) is 99.8 Å². The molecule has 204 valence electrons. The summed E-state index contributed by atoms with van der Waals surface area (Å²) in [7, 11) is 0. The summed E-state index contributed by atoms with van der Waals surface area (Å²) in [6.45, 7) is 11.4. The lowest BCUT2D eigenvalue weighted by atomic mass is 9.86. The van der Waals surface area contributed by atoms with Gasteiger partial charge in [-0.15, -0.1) is 11.3 Å². The van der Waals surface area contributed by atoms with Crippen LogP contribution in [0.3, 0.4) is 0 Å². The molecule has 0 unspecified atom stereocenters. The van der Waals surface area contributed by atoms with Crippen molar-refractivity contribution in [3.63, 3.8) is 0 Å². The normalized spacial score (nSPS) is 15.7. The number of carboxylic acids is 1. The van der Waals surface area contributed by atoms with Gasteiger partial charge in [0.05, 0.1) is 16.3 Å². The van der Waals surface area contributed by atoms with E-state index >= 15 is 0 Å². The SMILES string of the molecule is CC(C)(C)c1cc(-c2ccc(Cl)c(F)c2)nc2cc(C(=O)N3CCN(c4nc(C(=O)O)cs4)CC3(C)C)oc12. The van der Waals surface area contributed by atoms with Crippen molar-refractivity contribution in [3.8, 4) is 11.3 Å². The van der Waals surface area contributed by atoms with E-state index in [1.165, 1.54) is 28.8 Å². The van der Waals surface area contributed by atoms with Crippen molar-refractivity contribution >= 4 is 51.0 Å². The van der Waals surface area contributed by atoms with E-state index in [-0.39, 0.29) is 27.8 Å². The number of fused-ring (bicyclic) bond motifs is 1. The van der Waals surface area contributed by atoms with E-state index in [0.717, 1.165) is 5.56 Å². The van der Waals surface area contributed by atoms with Crippen LogP contribution >= 0.6 is 22.9 Å².